The van der Waals surface area contributed by atoms with Gasteiger partial charge in [0.05, 0.1) is 23.4 Å². The predicted octanol–water partition coefficient (Wildman–Crippen LogP) is 4.96. The second kappa shape index (κ2) is 12.7. The number of rotatable bonds is 8. The molecule has 2 aliphatic rings. The molecule has 0 bridgehead atoms. The van der Waals surface area contributed by atoms with Crippen LogP contribution in [0.15, 0.2) is 71.8 Å². The van der Waals surface area contributed by atoms with E-state index in [1.54, 1.807) is 18.2 Å². The van der Waals surface area contributed by atoms with Crippen LogP contribution < -0.4 is 14.4 Å². The van der Waals surface area contributed by atoms with Gasteiger partial charge in [-0.05, 0) is 60.9 Å². The maximum atomic E-state index is 13.0. The number of pyridine rings is 1. The molecule has 0 unspecified atom stereocenters. The zero-order chi connectivity index (χ0) is 29.7. The van der Waals surface area contributed by atoms with Gasteiger partial charge in [0, 0.05) is 63.4 Å². The van der Waals surface area contributed by atoms with E-state index >= 15 is 0 Å². The summed E-state index contributed by atoms with van der Waals surface area (Å²) in [5, 5.41) is 8.95. The van der Waals surface area contributed by atoms with Crippen LogP contribution in [0.4, 0.5) is 18.9 Å². The first-order valence-electron chi connectivity index (χ1n) is 13.9. The molecule has 1 N–H and O–H groups in total. The van der Waals surface area contributed by atoms with Crippen molar-refractivity contribution in [2.75, 3.05) is 31.1 Å². The molecule has 0 spiro atoms. The fourth-order valence-electron chi connectivity index (χ4n) is 5.30. The van der Waals surface area contributed by atoms with E-state index in [-0.39, 0.29) is 17.0 Å². The number of anilines is 1. The van der Waals surface area contributed by atoms with E-state index in [1.165, 1.54) is 24.4 Å². The van der Waals surface area contributed by atoms with Gasteiger partial charge < -0.3 is 9.64 Å². The number of nitrogens with zero attached hydrogens (tertiary/aromatic N) is 4. The Morgan fingerprint density at radius 3 is 2.17 bits per heavy atom. The molecule has 2 fully saturated rings. The van der Waals surface area contributed by atoms with Crippen LogP contribution in [0, 0.1) is 11.3 Å². The highest BCUT2D eigenvalue weighted by Crippen LogP contribution is 2.31. The lowest BCUT2D eigenvalue weighted by atomic mass is 10.0. The Labute approximate surface area is 243 Å². The molecule has 0 saturated carbocycles. The van der Waals surface area contributed by atoms with Crippen molar-refractivity contribution >= 4 is 15.7 Å². The van der Waals surface area contributed by atoms with E-state index in [0.717, 1.165) is 43.0 Å². The Balaban J connectivity index is 1.07. The Morgan fingerprint density at radius 2 is 1.60 bits per heavy atom. The average Bonchev–Trinajstić information content (AvgIpc) is 2.99. The van der Waals surface area contributed by atoms with Crippen molar-refractivity contribution in [3.8, 4) is 11.9 Å². The SMILES string of the molecule is N#Cc1ccc(CN2CCC(NS(=O)(=O)c3ccc(OC4CCN(c5ccc(C(F)(F)F)cc5)CC4)nc3)CC2)cc1. The number of benzene rings is 2. The van der Waals surface area contributed by atoms with Gasteiger partial charge in [-0.25, -0.2) is 18.1 Å². The summed E-state index contributed by atoms with van der Waals surface area (Å²) in [4.78, 5) is 8.59. The Hall–Kier alpha value is -3.66. The predicted molar refractivity (Wildman–Crippen MR) is 151 cm³/mol. The molecule has 42 heavy (non-hydrogen) atoms. The smallest absolute Gasteiger partial charge is 0.416 e. The molecule has 222 valence electrons. The van der Waals surface area contributed by atoms with Crippen LogP contribution in [-0.4, -0.2) is 56.6 Å². The highest BCUT2D eigenvalue weighted by atomic mass is 32.2. The lowest BCUT2D eigenvalue weighted by Gasteiger charge is -2.33. The number of hydrogen-bond acceptors (Lipinski definition) is 7. The summed E-state index contributed by atoms with van der Waals surface area (Å²) in [6.07, 6.45) is -0.482. The standard InChI is InChI=1S/C30H32F3N5O3S/c31-30(32,33)24-5-7-26(8-6-24)38-17-13-27(14-18-38)41-29-10-9-28(20-35-29)42(39,40)36-25-11-15-37(16-12-25)21-23-3-1-22(19-34)2-4-23/h1-10,20,25,27,36H,11-18,21H2. The molecule has 2 saturated heterocycles. The monoisotopic (exact) mass is 599 g/mol. The highest BCUT2D eigenvalue weighted by molar-refractivity contribution is 7.89. The van der Waals surface area contributed by atoms with Gasteiger partial charge in [-0.15, -0.1) is 0 Å². The van der Waals surface area contributed by atoms with Crippen molar-refractivity contribution in [2.24, 2.45) is 0 Å². The summed E-state index contributed by atoms with van der Waals surface area (Å²) >= 11 is 0. The summed E-state index contributed by atoms with van der Waals surface area (Å²) in [5.74, 6) is 0.332. The molecule has 8 nitrogen and oxygen atoms in total. The number of nitrogens with one attached hydrogen (secondary N) is 1. The summed E-state index contributed by atoms with van der Waals surface area (Å²) < 4.78 is 73.2. The van der Waals surface area contributed by atoms with Crippen LogP contribution in [0.25, 0.3) is 0 Å². The van der Waals surface area contributed by atoms with E-state index in [1.807, 2.05) is 17.0 Å². The number of nitriles is 1. The minimum absolute atomic E-state index is 0.0759. The molecule has 0 radical (unpaired) electrons. The molecular formula is C30H32F3N5O3S. The van der Waals surface area contributed by atoms with Gasteiger partial charge in [-0.1, -0.05) is 12.1 Å². The number of aromatic nitrogens is 1. The number of sulfonamides is 1. The first-order valence-corrected chi connectivity index (χ1v) is 15.4. The van der Waals surface area contributed by atoms with Crippen molar-refractivity contribution in [1.82, 2.24) is 14.6 Å². The van der Waals surface area contributed by atoms with E-state index in [0.29, 0.717) is 50.2 Å². The highest BCUT2D eigenvalue weighted by Gasteiger charge is 2.31. The van der Waals surface area contributed by atoms with Crippen molar-refractivity contribution in [3.05, 3.63) is 83.6 Å². The topological polar surface area (TPSA) is 98.6 Å². The fourth-order valence-corrected chi connectivity index (χ4v) is 6.55. The van der Waals surface area contributed by atoms with Gasteiger partial charge in [-0.3, -0.25) is 4.90 Å². The van der Waals surface area contributed by atoms with Gasteiger partial charge in [0.1, 0.15) is 11.0 Å². The second-order valence-electron chi connectivity index (χ2n) is 10.7. The fraction of sp³-hybridized carbons (Fsp3) is 0.400. The van der Waals surface area contributed by atoms with Gasteiger partial charge in [-0.2, -0.15) is 18.4 Å². The second-order valence-corrected chi connectivity index (χ2v) is 12.4. The van der Waals surface area contributed by atoms with E-state index in [2.05, 4.69) is 20.7 Å². The first-order chi connectivity index (χ1) is 20.1. The van der Waals surface area contributed by atoms with Crippen LogP contribution in [0.1, 0.15) is 42.4 Å². The van der Waals surface area contributed by atoms with Crippen molar-refractivity contribution < 1.29 is 26.3 Å². The molecule has 3 heterocycles. The quantitative estimate of drug-likeness (QED) is 0.391. The third-order valence-corrected chi connectivity index (χ3v) is 9.21. The molecular weight excluding hydrogens is 567 g/mol. The number of halogens is 3. The average molecular weight is 600 g/mol. The maximum absolute atomic E-state index is 13.0. The molecule has 0 aliphatic carbocycles. The molecule has 1 aromatic heterocycles. The summed E-state index contributed by atoms with van der Waals surface area (Å²) in [6, 6.07) is 17.6. The van der Waals surface area contributed by atoms with E-state index in [9.17, 15) is 21.6 Å². The maximum Gasteiger partial charge on any atom is 0.416 e. The Kier molecular flexibility index (Phi) is 9.01. The number of likely N-dealkylation sites (tertiary alicyclic amines) is 1. The van der Waals surface area contributed by atoms with E-state index < -0.39 is 21.8 Å². The molecule has 2 aromatic carbocycles. The largest absolute Gasteiger partial charge is 0.474 e. The van der Waals surface area contributed by atoms with Gasteiger partial charge in [0.2, 0.25) is 15.9 Å². The normalized spacial score (nSPS) is 17.6. The van der Waals surface area contributed by atoms with Crippen molar-refractivity contribution in [3.63, 3.8) is 0 Å². The third kappa shape index (κ3) is 7.59. The minimum Gasteiger partial charge on any atom is -0.474 e. The lowest BCUT2D eigenvalue weighted by Crippen LogP contribution is -2.44. The van der Waals surface area contributed by atoms with Crippen LogP contribution in [0.2, 0.25) is 0 Å². The first kappa shape index (κ1) is 29.8. The number of alkyl halides is 3. The Morgan fingerprint density at radius 1 is 0.929 bits per heavy atom. The van der Waals surface area contributed by atoms with E-state index in [4.69, 9.17) is 10.00 Å². The van der Waals surface area contributed by atoms with Crippen molar-refractivity contribution in [1.29, 1.82) is 5.26 Å². The molecule has 3 aromatic rings. The number of hydrogen-bond donors (Lipinski definition) is 1. The zero-order valence-corrected chi connectivity index (χ0v) is 23.7. The summed E-state index contributed by atoms with van der Waals surface area (Å²) in [5.41, 5.74) is 1.81. The molecule has 0 atom stereocenters. The lowest BCUT2D eigenvalue weighted by molar-refractivity contribution is -0.137. The van der Waals surface area contributed by atoms with Gasteiger partial charge in [0.15, 0.2) is 0 Å². The van der Waals surface area contributed by atoms with Crippen LogP contribution in [0.5, 0.6) is 5.88 Å². The summed E-state index contributed by atoms with van der Waals surface area (Å²) in [7, 11) is -3.74. The van der Waals surface area contributed by atoms with Crippen LogP contribution in [-0.2, 0) is 22.7 Å². The number of piperidine rings is 2. The Bertz CT molecular complexity index is 1480. The number of ether oxygens (including phenoxy) is 1. The van der Waals surface area contributed by atoms with Gasteiger partial charge >= 0.3 is 6.18 Å². The third-order valence-electron chi connectivity index (χ3n) is 7.71. The van der Waals surface area contributed by atoms with Crippen LogP contribution >= 0.6 is 0 Å². The molecule has 2 aliphatic heterocycles. The molecule has 12 heteroatoms. The minimum atomic E-state index is -4.36. The van der Waals surface area contributed by atoms with Gasteiger partial charge in [0.25, 0.3) is 0 Å². The summed E-state index contributed by atoms with van der Waals surface area (Å²) in [6.45, 7) is 3.52. The van der Waals surface area contributed by atoms with Crippen molar-refractivity contribution in [2.45, 2.75) is 55.4 Å². The zero-order valence-electron chi connectivity index (χ0n) is 22.9. The molecule has 0 amide bonds. The molecule has 5 rings (SSSR count). The van der Waals surface area contributed by atoms with Crippen LogP contribution in [0.3, 0.4) is 0 Å².